The van der Waals surface area contributed by atoms with Gasteiger partial charge in [-0.25, -0.2) is 0 Å². The van der Waals surface area contributed by atoms with E-state index in [2.05, 4.69) is 10.6 Å². The van der Waals surface area contributed by atoms with E-state index < -0.39 is 37.8 Å². The first-order chi connectivity index (χ1) is 14.3. The zero-order valence-corrected chi connectivity index (χ0v) is 19.6. The molecule has 30 heavy (non-hydrogen) atoms. The van der Waals surface area contributed by atoms with Crippen LogP contribution in [0.2, 0.25) is 0 Å². The number of hydrogen-bond acceptors (Lipinski definition) is 8. The van der Waals surface area contributed by atoms with Gasteiger partial charge < -0.3 is 20.6 Å². The van der Waals surface area contributed by atoms with Crippen molar-refractivity contribution in [3.63, 3.8) is 0 Å². The van der Waals surface area contributed by atoms with Crippen molar-refractivity contribution in [1.82, 2.24) is 4.90 Å². The van der Waals surface area contributed by atoms with Gasteiger partial charge >= 0.3 is 0 Å². The second-order valence-corrected chi connectivity index (χ2v) is 9.56. The summed E-state index contributed by atoms with van der Waals surface area (Å²) in [5.74, 6) is -0.735. The van der Waals surface area contributed by atoms with Gasteiger partial charge in [0.15, 0.2) is 5.75 Å². The van der Waals surface area contributed by atoms with Crippen molar-refractivity contribution in [3.8, 4) is 5.75 Å². The van der Waals surface area contributed by atoms with E-state index in [1.807, 2.05) is 24.4 Å². The van der Waals surface area contributed by atoms with Gasteiger partial charge in [-0.1, -0.05) is 13.0 Å². The van der Waals surface area contributed by atoms with Gasteiger partial charge in [0.05, 0.1) is 17.3 Å². The number of phenolic OH excluding ortho intramolecular Hbond substituents is 1. The highest BCUT2D eigenvalue weighted by Gasteiger charge is 2.26. The van der Waals surface area contributed by atoms with Gasteiger partial charge in [0.25, 0.3) is 16.8 Å². The van der Waals surface area contributed by atoms with E-state index >= 15 is 0 Å². The van der Waals surface area contributed by atoms with Gasteiger partial charge in [-0.2, -0.15) is 0 Å². The number of nitrogens with one attached hydrogen (secondary N) is 3. The molecule has 1 amide bonds. The average molecular weight is 540 g/mol. The molecule has 4 N–H and O–H groups in total. The van der Waals surface area contributed by atoms with Crippen LogP contribution < -0.4 is 21.5 Å². The van der Waals surface area contributed by atoms with Crippen LogP contribution in [-0.4, -0.2) is 30.0 Å². The Labute approximate surface area is 187 Å². The standard InChI is InChI=1S/C20H21IN4O4S/c1-4-12(14-6-5-7-30-14)23-15-16(19(28)18(15)27)24-13-9-10(21-22)8-11(17(13)26)20(29)25(2)3/h5-9,12,22-24,26H,4H2,1-3H3/t12-/m1/s1. The molecule has 3 aromatic rings. The first-order valence-electron chi connectivity index (χ1n) is 9.07. The largest absolute Gasteiger partial charge is 0.505 e. The first-order valence-corrected chi connectivity index (χ1v) is 12.1. The van der Waals surface area contributed by atoms with Gasteiger partial charge in [0.1, 0.15) is 11.4 Å². The number of anilines is 3. The third-order valence-corrected chi connectivity index (χ3v) is 6.84. The monoisotopic (exact) mass is 540 g/mol. The van der Waals surface area contributed by atoms with Crippen LogP contribution in [0.1, 0.15) is 34.6 Å². The Kier molecular flexibility index (Phi) is 6.66. The summed E-state index contributed by atoms with van der Waals surface area (Å²) in [5, 5.41) is 18.5. The maximum absolute atomic E-state index is 12.4. The third kappa shape index (κ3) is 4.15. The molecule has 0 spiro atoms. The van der Waals surface area contributed by atoms with E-state index in [9.17, 15) is 19.5 Å². The Morgan fingerprint density at radius 3 is 2.53 bits per heavy atom. The van der Waals surface area contributed by atoms with Crippen LogP contribution in [0.5, 0.6) is 5.75 Å². The number of phenols is 1. The second-order valence-electron chi connectivity index (χ2n) is 6.80. The average Bonchev–Trinajstić information content (AvgIpc) is 3.28. The van der Waals surface area contributed by atoms with Crippen LogP contribution in [0.15, 0.2) is 39.2 Å². The Morgan fingerprint density at radius 1 is 1.27 bits per heavy atom. The van der Waals surface area contributed by atoms with E-state index in [1.54, 1.807) is 31.5 Å². The normalized spacial score (nSPS) is 12.0. The number of carbonyl (C=O) groups excluding carboxylic acids is 1. The molecule has 0 aliphatic rings. The Morgan fingerprint density at radius 2 is 1.97 bits per heavy atom. The lowest BCUT2D eigenvalue weighted by Crippen LogP contribution is -2.37. The summed E-state index contributed by atoms with van der Waals surface area (Å²) in [6, 6.07) is 6.78. The first kappa shape index (κ1) is 22.1. The lowest BCUT2D eigenvalue weighted by Gasteiger charge is -2.21. The molecular formula is C20H21IN4O4S. The van der Waals surface area contributed by atoms with Crippen molar-refractivity contribution in [2.24, 2.45) is 0 Å². The Hall–Kier alpha value is -2.60. The van der Waals surface area contributed by atoms with Gasteiger partial charge in [-0.3, -0.25) is 17.9 Å². The van der Waals surface area contributed by atoms with E-state index in [1.165, 1.54) is 11.0 Å². The molecule has 8 nitrogen and oxygen atoms in total. The summed E-state index contributed by atoms with van der Waals surface area (Å²) in [6.07, 6.45) is 0.713. The van der Waals surface area contributed by atoms with Crippen LogP contribution in [0.4, 0.5) is 17.1 Å². The third-order valence-electron chi connectivity index (χ3n) is 4.60. The van der Waals surface area contributed by atoms with Crippen LogP contribution >= 0.6 is 32.4 Å². The summed E-state index contributed by atoms with van der Waals surface area (Å²) >= 11 is 0.431. The van der Waals surface area contributed by atoms with Crippen molar-refractivity contribution in [3.05, 3.63) is 64.1 Å². The molecular weight excluding hydrogens is 519 g/mol. The molecule has 0 saturated carbocycles. The molecule has 1 aromatic heterocycles. The molecule has 1 atom stereocenters. The summed E-state index contributed by atoms with van der Waals surface area (Å²) in [4.78, 5) is 39.2. The predicted molar refractivity (Wildman–Crippen MR) is 127 cm³/mol. The molecule has 1 heterocycles. The quantitative estimate of drug-likeness (QED) is 0.195. The maximum atomic E-state index is 12.4. The minimum Gasteiger partial charge on any atom is -0.505 e. The van der Waals surface area contributed by atoms with Crippen molar-refractivity contribution < 1.29 is 9.90 Å². The number of rotatable bonds is 8. The summed E-state index contributed by atoms with van der Waals surface area (Å²) in [7, 11) is 3.12. The SMILES string of the molecule is CC[C@@H](Nc1c(Nc2cc(I=N)cc(C(=O)N(C)C)c2O)c(=O)c1=O)c1cccs1. The highest BCUT2D eigenvalue weighted by Crippen LogP contribution is 2.36. The highest BCUT2D eigenvalue weighted by atomic mass is 127. The van der Waals surface area contributed by atoms with Crippen LogP contribution in [0, 0.1) is 7.13 Å². The summed E-state index contributed by atoms with van der Waals surface area (Å²) < 4.78 is 8.33. The van der Waals surface area contributed by atoms with Gasteiger partial charge in [-0.05, 0) is 30.0 Å². The number of benzene rings is 1. The van der Waals surface area contributed by atoms with E-state index in [4.69, 9.17) is 3.56 Å². The molecule has 0 unspecified atom stereocenters. The number of thiophene rings is 1. The Balaban J connectivity index is 1.98. The minimum absolute atomic E-state index is 0.0465. The topological polar surface area (TPSA) is 123 Å². The number of amides is 1. The van der Waals surface area contributed by atoms with Crippen LogP contribution in [0.25, 0.3) is 0 Å². The molecule has 0 bridgehead atoms. The highest BCUT2D eigenvalue weighted by molar-refractivity contribution is 14.2. The fourth-order valence-electron chi connectivity index (χ4n) is 2.97. The van der Waals surface area contributed by atoms with Crippen molar-refractivity contribution in [1.29, 1.82) is 3.56 Å². The molecule has 10 heteroatoms. The zero-order valence-electron chi connectivity index (χ0n) is 16.6. The van der Waals surface area contributed by atoms with E-state index in [0.29, 0.717) is 9.99 Å². The maximum Gasteiger partial charge on any atom is 0.257 e. The molecule has 0 aliphatic carbocycles. The number of nitrogens with zero attached hydrogens (tertiary/aromatic N) is 1. The number of carbonyl (C=O) groups is 1. The van der Waals surface area contributed by atoms with Gasteiger partial charge in [-0.15, -0.1) is 11.3 Å². The molecule has 0 saturated heterocycles. The predicted octanol–water partition coefficient (Wildman–Crippen LogP) is 3.96. The van der Waals surface area contributed by atoms with Crippen LogP contribution in [0.3, 0.4) is 0 Å². The number of halogens is 1. The smallest absolute Gasteiger partial charge is 0.257 e. The molecule has 0 fully saturated rings. The van der Waals surface area contributed by atoms with Crippen molar-refractivity contribution in [2.75, 3.05) is 24.7 Å². The van der Waals surface area contributed by atoms with E-state index in [0.717, 1.165) is 4.88 Å². The van der Waals surface area contributed by atoms with Crippen LogP contribution in [-0.2, 0) is 0 Å². The van der Waals surface area contributed by atoms with Gasteiger partial charge in [0, 0.05) is 43.6 Å². The fraction of sp³-hybridized carbons (Fsp3) is 0.250. The second kappa shape index (κ2) is 9.04. The number of hydrogen-bond donors (Lipinski definition) is 4. The zero-order chi connectivity index (χ0) is 22.0. The summed E-state index contributed by atoms with van der Waals surface area (Å²) in [6.45, 7) is 1.97. The molecule has 158 valence electrons. The summed E-state index contributed by atoms with van der Waals surface area (Å²) in [5.41, 5.74) is -0.931. The molecule has 3 rings (SSSR count). The Bertz CT molecular complexity index is 1170. The fourth-order valence-corrected chi connectivity index (χ4v) is 4.77. The molecule has 0 radical (unpaired) electrons. The van der Waals surface area contributed by atoms with E-state index in [-0.39, 0.29) is 34.4 Å². The number of aromatic hydroxyl groups is 1. The lowest BCUT2D eigenvalue weighted by atomic mass is 10.1. The molecule has 0 aliphatic heterocycles. The van der Waals surface area contributed by atoms with Gasteiger partial charge in [0.2, 0.25) is 0 Å². The lowest BCUT2D eigenvalue weighted by molar-refractivity contribution is 0.0824. The van der Waals surface area contributed by atoms with Crippen molar-refractivity contribution in [2.45, 2.75) is 19.4 Å². The molecule has 2 aromatic carbocycles. The van der Waals surface area contributed by atoms with Crippen molar-refractivity contribution >= 4 is 55.3 Å². The minimum atomic E-state index is -1.12.